The Morgan fingerprint density at radius 3 is 2.44 bits per heavy atom. The second kappa shape index (κ2) is 4.08. The number of thiazole rings is 1. The lowest BCUT2D eigenvalue weighted by molar-refractivity contribution is -0.140. The van der Waals surface area contributed by atoms with Crippen molar-refractivity contribution in [3.63, 3.8) is 0 Å². The van der Waals surface area contributed by atoms with Crippen molar-refractivity contribution in [2.45, 2.75) is 25.9 Å². The van der Waals surface area contributed by atoms with E-state index in [2.05, 4.69) is 4.98 Å². The highest BCUT2D eigenvalue weighted by atomic mass is 32.1. The molecule has 2 N–H and O–H groups in total. The van der Waals surface area contributed by atoms with E-state index < -0.39 is 23.5 Å². The van der Waals surface area contributed by atoms with E-state index in [1.165, 1.54) is 0 Å². The van der Waals surface area contributed by atoms with Crippen LogP contribution in [0.5, 0.6) is 0 Å². The van der Waals surface area contributed by atoms with Gasteiger partial charge in [0.2, 0.25) is 0 Å². The summed E-state index contributed by atoms with van der Waals surface area (Å²) in [5.74, 6) is -1.77. The Morgan fingerprint density at radius 1 is 1.33 bits per heavy atom. The van der Waals surface area contributed by atoms with E-state index in [-0.39, 0.29) is 16.2 Å². The molecule has 2 rings (SSSR count). The lowest BCUT2D eigenvalue weighted by Crippen LogP contribution is -2.13. The summed E-state index contributed by atoms with van der Waals surface area (Å²) in [6.07, 6.45) is -4.73. The van der Waals surface area contributed by atoms with Gasteiger partial charge in [0.1, 0.15) is 5.82 Å². The van der Waals surface area contributed by atoms with E-state index in [0.29, 0.717) is 4.70 Å². The normalized spacial score (nSPS) is 12.6. The Morgan fingerprint density at radius 2 is 1.94 bits per heavy atom. The number of anilines is 1. The van der Waals surface area contributed by atoms with Gasteiger partial charge in [0.05, 0.1) is 15.8 Å². The minimum Gasteiger partial charge on any atom is -0.375 e. The fraction of sp³-hybridized carbons (Fsp3) is 0.364. The molecule has 2 nitrogen and oxygen atoms in total. The quantitative estimate of drug-likeness (QED) is 0.795. The molecular formula is C11H10F4N2S. The summed E-state index contributed by atoms with van der Waals surface area (Å²) < 4.78 is 52.7. The molecule has 0 saturated heterocycles. The number of halogens is 4. The van der Waals surface area contributed by atoms with Gasteiger partial charge in [-0.1, -0.05) is 25.2 Å². The highest BCUT2D eigenvalue weighted by Gasteiger charge is 2.39. The van der Waals surface area contributed by atoms with Crippen LogP contribution in [-0.2, 0) is 6.18 Å². The van der Waals surface area contributed by atoms with Crippen LogP contribution in [0.25, 0.3) is 10.2 Å². The fourth-order valence-corrected chi connectivity index (χ4v) is 2.92. The summed E-state index contributed by atoms with van der Waals surface area (Å²) in [4.78, 5) is 3.83. The maximum absolute atomic E-state index is 13.6. The summed E-state index contributed by atoms with van der Waals surface area (Å²) in [5, 5.41) is 0.130. The molecule has 0 radical (unpaired) electrons. The maximum atomic E-state index is 13.6. The highest BCUT2D eigenvalue weighted by molar-refractivity contribution is 7.22. The van der Waals surface area contributed by atoms with Gasteiger partial charge in [-0.05, 0) is 11.5 Å². The molecule has 1 heterocycles. The van der Waals surface area contributed by atoms with E-state index in [1.54, 1.807) is 13.8 Å². The summed E-state index contributed by atoms with van der Waals surface area (Å²) in [6, 6.07) is 0.789. The van der Waals surface area contributed by atoms with Crippen LogP contribution >= 0.6 is 11.3 Å². The SMILES string of the molecule is CC(C)c1c(C(F)(F)F)c(F)cc2nc(N)sc12. The average Bonchev–Trinajstić information content (AvgIpc) is 2.53. The van der Waals surface area contributed by atoms with Crippen LogP contribution in [0, 0.1) is 5.82 Å². The molecule has 0 amide bonds. The molecule has 0 spiro atoms. The third kappa shape index (κ3) is 2.03. The highest BCUT2D eigenvalue weighted by Crippen LogP contribution is 2.42. The van der Waals surface area contributed by atoms with Gasteiger partial charge < -0.3 is 5.73 Å². The Labute approximate surface area is 104 Å². The number of benzene rings is 1. The molecule has 0 aliphatic rings. The van der Waals surface area contributed by atoms with Gasteiger partial charge in [-0.2, -0.15) is 13.2 Å². The van der Waals surface area contributed by atoms with Crippen molar-refractivity contribution < 1.29 is 17.6 Å². The summed E-state index contributed by atoms with van der Waals surface area (Å²) in [5.41, 5.74) is 4.35. The fourth-order valence-electron chi connectivity index (χ4n) is 1.91. The van der Waals surface area contributed by atoms with Gasteiger partial charge in [-0.15, -0.1) is 0 Å². The van der Waals surface area contributed by atoms with Crippen molar-refractivity contribution >= 4 is 26.7 Å². The zero-order valence-electron chi connectivity index (χ0n) is 9.60. The molecule has 0 atom stereocenters. The minimum atomic E-state index is -4.73. The minimum absolute atomic E-state index is 0.0771. The Bertz CT molecular complexity index is 601. The second-order valence-electron chi connectivity index (χ2n) is 4.20. The molecule has 0 unspecified atom stereocenters. The smallest absolute Gasteiger partial charge is 0.375 e. The number of hydrogen-bond donors (Lipinski definition) is 1. The Hall–Kier alpha value is -1.37. The van der Waals surface area contributed by atoms with Crippen molar-refractivity contribution in [2.75, 3.05) is 5.73 Å². The van der Waals surface area contributed by atoms with Crippen LogP contribution in [0.2, 0.25) is 0 Å². The molecule has 18 heavy (non-hydrogen) atoms. The van der Waals surface area contributed by atoms with Crippen LogP contribution in [-0.4, -0.2) is 4.98 Å². The maximum Gasteiger partial charge on any atom is 0.419 e. The molecule has 98 valence electrons. The molecule has 2 aromatic rings. The third-order valence-electron chi connectivity index (χ3n) is 2.55. The zero-order valence-corrected chi connectivity index (χ0v) is 10.4. The van der Waals surface area contributed by atoms with E-state index >= 15 is 0 Å². The molecule has 0 fully saturated rings. The van der Waals surface area contributed by atoms with Crippen molar-refractivity contribution in [3.05, 3.63) is 23.0 Å². The average molecular weight is 278 g/mol. The first-order chi connectivity index (χ1) is 8.21. The summed E-state index contributed by atoms with van der Waals surface area (Å²) >= 11 is 0.946. The van der Waals surface area contributed by atoms with Crippen molar-refractivity contribution in [1.82, 2.24) is 4.98 Å². The molecular weight excluding hydrogens is 268 g/mol. The van der Waals surface area contributed by atoms with Crippen LogP contribution in [0.4, 0.5) is 22.7 Å². The Kier molecular flexibility index (Phi) is 2.96. The van der Waals surface area contributed by atoms with E-state index in [9.17, 15) is 17.6 Å². The van der Waals surface area contributed by atoms with E-state index in [1.807, 2.05) is 0 Å². The van der Waals surface area contributed by atoms with Crippen LogP contribution < -0.4 is 5.73 Å². The largest absolute Gasteiger partial charge is 0.419 e. The van der Waals surface area contributed by atoms with Gasteiger partial charge in [0, 0.05) is 6.07 Å². The number of fused-ring (bicyclic) bond motifs is 1. The van der Waals surface area contributed by atoms with Gasteiger partial charge >= 0.3 is 6.18 Å². The number of rotatable bonds is 1. The monoisotopic (exact) mass is 278 g/mol. The first kappa shape index (κ1) is 13.1. The van der Waals surface area contributed by atoms with Crippen LogP contribution in [0.3, 0.4) is 0 Å². The molecule has 7 heteroatoms. The van der Waals surface area contributed by atoms with Crippen LogP contribution in [0.1, 0.15) is 30.9 Å². The lowest BCUT2D eigenvalue weighted by atomic mass is 9.96. The Balaban J connectivity index is 2.92. The molecule has 1 aromatic heterocycles. The predicted molar refractivity (Wildman–Crippen MR) is 63.1 cm³/mol. The standard InChI is InChI=1S/C11H10F4N2S/c1-4(2)7-8(11(13,14)15)5(12)3-6-9(7)18-10(16)17-6/h3-4H,1-2H3,(H2,16,17). The first-order valence-corrected chi connectivity index (χ1v) is 5.99. The van der Waals surface area contributed by atoms with E-state index in [0.717, 1.165) is 17.4 Å². The number of nitrogens with two attached hydrogens (primary N) is 1. The molecule has 0 aliphatic carbocycles. The lowest BCUT2D eigenvalue weighted by Gasteiger charge is -2.16. The number of nitrogens with zero attached hydrogens (tertiary/aromatic N) is 1. The number of hydrogen-bond acceptors (Lipinski definition) is 3. The first-order valence-electron chi connectivity index (χ1n) is 5.17. The third-order valence-corrected chi connectivity index (χ3v) is 3.48. The summed E-state index contributed by atoms with van der Waals surface area (Å²) in [6.45, 7) is 3.17. The topological polar surface area (TPSA) is 38.9 Å². The van der Waals surface area contributed by atoms with Gasteiger partial charge in [0.15, 0.2) is 5.13 Å². The van der Waals surface area contributed by atoms with Crippen LogP contribution in [0.15, 0.2) is 6.07 Å². The van der Waals surface area contributed by atoms with Gasteiger partial charge in [-0.3, -0.25) is 0 Å². The summed E-state index contributed by atoms with van der Waals surface area (Å²) in [7, 11) is 0. The molecule has 0 saturated carbocycles. The van der Waals surface area contributed by atoms with E-state index in [4.69, 9.17) is 5.73 Å². The predicted octanol–water partition coefficient (Wildman–Crippen LogP) is 4.16. The molecule has 1 aromatic carbocycles. The number of nitrogen functional groups attached to an aromatic ring is 1. The number of aromatic nitrogens is 1. The van der Waals surface area contributed by atoms with Gasteiger partial charge in [-0.25, -0.2) is 9.37 Å². The van der Waals surface area contributed by atoms with Gasteiger partial charge in [0.25, 0.3) is 0 Å². The van der Waals surface area contributed by atoms with Crippen molar-refractivity contribution in [2.24, 2.45) is 0 Å². The number of alkyl halides is 3. The second-order valence-corrected chi connectivity index (χ2v) is 5.23. The van der Waals surface area contributed by atoms with Crippen molar-refractivity contribution in [1.29, 1.82) is 0 Å². The van der Waals surface area contributed by atoms with Crippen molar-refractivity contribution in [3.8, 4) is 0 Å². The zero-order chi connectivity index (χ0) is 13.7. The molecule has 0 bridgehead atoms. The molecule has 0 aliphatic heterocycles.